The number of carbonyl (C=O) groups excluding carboxylic acids is 1. The van der Waals surface area contributed by atoms with Crippen molar-refractivity contribution in [1.29, 1.82) is 0 Å². The molecule has 1 aromatic carbocycles. The lowest BCUT2D eigenvalue weighted by Gasteiger charge is -2.12. The van der Waals surface area contributed by atoms with Crippen LogP contribution in [0.2, 0.25) is 0 Å². The van der Waals surface area contributed by atoms with Crippen molar-refractivity contribution in [2.45, 2.75) is 0 Å². The van der Waals surface area contributed by atoms with Crippen molar-refractivity contribution in [3.8, 4) is 5.75 Å². The predicted octanol–water partition coefficient (Wildman–Crippen LogP) is 2.18. The van der Waals surface area contributed by atoms with Crippen molar-refractivity contribution in [3.63, 3.8) is 0 Å². The van der Waals surface area contributed by atoms with Crippen molar-refractivity contribution in [2.75, 3.05) is 14.1 Å². The molecule has 0 fully saturated rings. The molecule has 1 amide bonds. The van der Waals surface area contributed by atoms with Gasteiger partial charge in [0.1, 0.15) is 11.3 Å². The van der Waals surface area contributed by atoms with Gasteiger partial charge in [-0.2, -0.15) is 0 Å². The zero-order chi connectivity index (χ0) is 14.3. The highest BCUT2D eigenvalue weighted by Gasteiger charge is 2.14. The molecule has 0 bridgehead atoms. The number of aryl methyl sites for hydroxylation is 1. The van der Waals surface area contributed by atoms with Crippen LogP contribution in [0.25, 0.3) is 21.9 Å². The first-order valence-corrected chi connectivity index (χ1v) is 6.16. The fraction of sp³-hybridized carbons (Fsp3) is 0.214. The van der Waals surface area contributed by atoms with Crippen LogP contribution in [0.15, 0.2) is 30.7 Å². The highest BCUT2D eigenvalue weighted by atomic mass is 16.6. The summed E-state index contributed by atoms with van der Waals surface area (Å²) in [5, 5.41) is 0.751. The molecule has 0 radical (unpaired) electrons. The average Bonchev–Trinajstić information content (AvgIpc) is 2.80. The lowest BCUT2D eigenvalue weighted by atomic mass is 10.1. The van der Waals surface area contributed by atoms with Crippen molar-refractivity contribution in [1.82, 2.24) is 19.4 Å². The van der Waals surface area contributed by atoms with Gasteiger partial charge in [0.15, 0.2) is 0 Å². The normalized spacial score (nSPS) is 10.9. The Morgan fingerprint density at radius 2 is 2.05 bits per heavy atom. The first-order valence-electron chi connectivity index (χ1n) is 6.16. The minimum atomic E-state index is -0.426. The van der Waals surface area contributed by atoms with Gasteiger partial charge in [-0.1, -0.05) is 0 Å². The van der Waals surface area contributed by atoms with E-state index in [4.69, 9.17) is 4.74 Å². The monoisotopic (exact) mass is 270 g/mol. The van der Waals surface area contributed by atoms with E-state index < -0.39 is 6.09 Å². The molecule has 102 valence electrons. The topological polar surface area (TPSA) is 60.3 Å². The summed E-state index contributed by atoms with van der Waals surface area (Å²) in [6.45, 7) is 0. The Kier molecular flexibility index (Phi) is 2.78. The largest absolute Gasteiger partial charge is 0.414 e. The number of benzene rings is 1. The summed E-state index contributed by atoms with van der Waals surface area (Å²) in [6.07, 6.45) is 2.93. The molecule has 2 aromatic heterocycles. The Hall–Kier alpha value is -2.63. The van der Waals surface area contributed by atoms with E-state index in [-0.39, 0.29) is 0 Å². The molecule has 0 atom stereocenters. The zero-order valence-corrected chi connectivity index (χ0v) is 11.5. The van der Waals surface area contributed by atoms with Crippen LogP contribution in [0.1, 0.15) is 0 Å². The van der Waals surface area contributed by atoms with E-state index in [0.29, 0.717) is 5.75 Å². The maximum absolute atomic E-state index is 11.8. The number of rotatable bonds is 1. The number of aromatic nitrogens is 3. The maximum atomic E-state index is 11.8. The lowest BCUT2D eigenvalue weighted by molar-refractivity contribution is 0.172. The summed E-state index contributed by atoms with van der Waals surface area (Å²) >= 11 is 0. The molecule has 0 aliphatic heterocycles. The Labute approximate surface area is 115 Å². The van der Waals surface area contributed by atoms with E-state index in [0.717, 1.165) is 21.9 Å². The van der Waals surface area contributed by atoms with Gasteiger partial charge in [-0.3, -0.25) is 4.98 Å². The van der Waals surface area contributed by atoms with Crippen LogP contribution in [0.5, 0.6) is 5.75 Å². The number of pyridine rings is 1. The number of amides is 1. The van der Waals surface area contributed by atoms with Gasteiger partial charge in [0.2, 0.25) is 0 Å². The summed E-state index contributed by atoms with van der Waals surface area (Å²) in [6, 6.07) is 5.53. The number of ether oxygens (including phenoxy) is 1. The summed E-state index contributed by atoms with van der Waals surface area (Å²) < 4.78 is 7.32. The number of hydrogen-bond acceptors (Lipinski definition) is 4. The van der Waals surface area contributed by atoms with Crippen LogP contribution in [0, 0.1) is 0 Å². The van der Waals surface area contributed by atoms with E-state index >= 15 is 0 Å². The first kappa shape index (κ1) is 12.4. The third-order valence-electron chi connectivity index (χ3n) is 3.12. The van der Waals surface area contributed by atoms with Crippen molar-refractivity contribution < 1.29 is 9.53 Å². The number of fused-ring (bicyclic) bond motifs is 3. The summed E-state index contributed by atoms with van der Waals surface area (Å²) in [5.41, 5.74) is 2.49. The predicted molar refractivity (Wildman–Crippen MR) is 75.7 cm³/mol. The number of nitrogens with zero attached hydrogens (tertiary/aromatic N) is 4. The smallest absolute Gasteiger partial charge is 0.409 e. The molecule has 0 aliphatic rings. The number of hydrogen-bond donors (Lipinski definition) is 0. The summed E-state index contributed by atoms with van der Waals surface area (Å²) in [5.74, 6) is 0.470. The van der Waals surface area contributed by atoms with Gasteiger partial charge in [0.05, 0.1) is 22.7 Å². The molecule has 0 aliphatic carbocycles. The van der Waals surface area contributed by atoms with Gasteiger partial charge in [-0.25, -0.2) is 9.78 Å². The van der Waals surface area contributed by atoms with Gasteiger partial charge in [0.25, 0.3) is 0 Å². The first-order chi connectivity index (χ1) is 9.58. The zero-order valence-electron chi connectivity index (χ0n) is 11.5. The number of carbonyl (C=O) groups is 1. The summed E-state index contributed by atoms with van der Waals surface area (Å²) in [7, 11) is 5.20. The molecule has 0 saturated carbocycles. The second-order valence-electron chi connectivity index (χ2n) is 4.75. The standard InChI is InChI=1S/C14H14N4O2/c1-17(2)14(19)20-11-6-7-15-9-4-5-10-13(12(9)11)16-8-18(10)3/h4-8H,1-3H3. The highest BCUT2D eigenvalue weighted by molar-refractivity contribution is 6.06. The molecule has 6 heteroatoms. The molecule has 20 heavy (non-hydrogen) atoms. The minimum Gasteiger partial charge on any atom is -0.409 e. The molecular weight excluding hydrogens is 256 g/mol. The fourth-order valence-electron chi connectivity index (χ4n) is 2.08. The molecular formula is C14H14N4O2. The molecule has 0 saturated heterocycles. The minimum absolute atomic E-state index is 0.426. The summed E-state index contributed by atoms with van der Waals surface area (Å²) in [4.78, 5) is 21.8. The van der Waals surface area contributed by atoms with Crippen LogP contribution < -0.4 is 4.74 Å². The average molecular weight is 270 g/mol. The van der Waals surface area contributed by atoms with Gasteiger partial charge in [0, 0.05) is 33.4 Å². The van der Waals surface area contributed by atoms with Gasteiger partial charge < -0.3 is 14.2 Å². The SMILES string of the molecule is CN(C)C(=O)Oc1ccnc2ccc3c(ncn3C)c12. The lowest BCUT2D eigenvalue weighted by Crippen LogP contribution is -2.25. The maximum Gasteiger partial charge on any atom is 0.414 e. The Morgan fingerprint density at radius 1 is 1.25 bits per heavy atom. The van der Waals surface area contributed by atoms with E-state index in [1.807, 2.05) is 23.7 Å². The fourth-order valence-corrected chi connectivity index (χ4v) is 2.08. The molecule has 0 unspecified atom stereocenters. The Balaban J connectivity index is 2.26. The van der Waals surface area contributed by atoms with E-state index in [1.54, 1.807) is 32.7 Å². The van der Waals surface area contributed by atoms with Crippen LogP contribution in [0.4, 0.5) is 4.79 Å². The van der Waals surface area contributed by atoms with Gasteiger partial charge >= 0.3 is 6.09 Å². The Morgan fingerprint density at radius 3 is 2.80 bits per heavy atom. The van der Waals surface area contributed by atoms with Gasteiger partial charge in [-0.15, -0.1) is 0 Å². The quantitative estimate of drug-likeness (QED) is 0.680. The third-order valence-corrected chi connectivity index (χ3v) is 3.12. The molecule has 3 aromatic rings. The van der Waals surface area contributed by atoms with Crippen molar-refractivity contribution in [2.24, 2.45) is 7.05 Å². The Bertz CT molecular complexity index is 807. The second-order valence-corrected chi connectivity index (χ2v) is 4.75. The molecule has 6 nitrogen and oxygen atoms in total. The van der Waals surface area contributed by atoms with Crippen LogP contribution >= 0.6 is 0 Å². The van der Waals surface area contributed by atoms with Crippen molar-refractivity contribution >= 4 is 28.0 Å². The molecule has 2 heterocycles. The van der Waals surface area contributed by atoms with Crippen LogP contribution in [-0.2, 0) is 7.05 Å². The van der Waals surface area contributed by atoms with E-state index in [9.17, 15) is 4.79 Å². The third kappa shape index (κ3) is 1.85. The molecule has 0 N–H and O–H groups in total. The van der Waals surface area contributed by atoms with Crippen LogP contribution in [0.3, 0.4) is 0 Å². The van der Waals surface area contributed by atoms with Crippen molar-refractivity contribution in [3.05, 3.63) is 30.7 Å². The van der Waals surface area contributed by atoms with E-state index in [1.165, 1.54) is 4.90 Å². The van der Waals surface area contributed by atoms with E-state index in [2.05, 4.69) is 9.97 Å². The molecule has 3 rings (SSSR count). The number of imidazole rings is 1. The molecule has 0 spiro atoms. The van der Waals surface area contributed by atoms with Gasteiger partial charge in [-0.05, 0) is 12.1 Å². The second kappa shape index (κ2) is 4.48. The van der Waals surface area contributed by atoms with Crippen LogP contribution in [-0.4, -0.2) is 39.6 Å². The highest BCUT2D eigenvalue weighted by Crippen LogP contribution is 2.30.